The van der Waals surface area contributed by atoms with Gasteiger partial charge in [-0.1, -0.05) is 12.1 Å². The predicted molar refractivity (Wildman–Crippen MR) is 69.5 cm³/mol. The summed E-state index contributed by atoms with van der Waals surface area (Å²) in [6, 6.07) is 7.59. The summed E-state index contributed by atoms with van der Waals surface area (Å²) in [6.07, 6.45) is 3.39. The van der Waals surface area contributed by atoms with Crippen LogP contribution in [0.5, 0.6) is 0 Å². The van der Waals surface area contributed by atoms with Gasteiger partial charge in [0.2, 0.25) is 10.0 Å². The van der Waals surface area contributed by atoms with E-state index in [2.05, 4.69) is 17.0 Å². The molecule has 2 rings (SSSR count). The lowest BCUT2D eigenvalue weighted by Gasteiger charge is -2.25. The Morgan fingerprint density at radius 3 is 2.76 bits per heavy atom. The van der Waals surface area contributed by atoms with Crippen molar-refractivity contribution >= 4 is 15.7 Å². The van der Waals surface area contributed by atoms with Gasteiger partial charge < -0.3 is 5.32 Å². The minimum atomic E-state index is -3.21. The molecule has 1 saturated heterocycles. The molecular formula is C12H18N2O2S. The van der Waals surface area contributed by atoms with Crippen LogP contribution in [0.15, 0.2) is 24.3 Å². The largest absolute Gasteiger partial charge is 0.308 e. The lowest BCUT2D eigenvalue weighted by atomic mass is 9.90. The monoisotopic (exact) mass is 254 g/mol. The summed E-state index contributed by atoms with van der Waals surface area (Å²) in [5, 5.41) is 3.46. The van der Waals surface area contributed by atoms with E-state index < -0.39 is 10.0 Å². The van der Waals surface area contributed by atoms with Crippen LogP contribution in [0, 0.1) is 0 Å². The van der Waals surface area contributed by atoms with Gasteiger partial charge in [0.25, 0.3) is 0 Å². The molecule has 1 fully saturated rings. The second-order valence-corrected chi connectivity index (χ2v) is 6.57. The molecule has 17 heavy (non-hydrogen) atoms. The minimum absolute atomic E-state index is 0.0325. The highest BCUT2D eigenvalue weighted by Gasteiger charge is 2.29. The van der Waals surface area contributed by atoms with Crippen molar-refractivity contribution in [3.8, 4) is 0 Å². The van der Waals surface area contributed by atoms with E-state index in [-0.39, 0.29) is 5.54 Å². The van der Waals surface area contributed by atoms with Gasteiger partial charge in [0.1, 0.15) is 0 Å². The topological polar surface area (TPSA) is 58.2 Å². The molecule has 94 valence electrons. The van der Waals surface area contributed by atoms with Crippen LogP contribution in [0.1, 0.15) is 25.3 Å². The fraction of sp³-hybridized carbons (Fsp3) is 0.500. The number of anilines is 1. The minimum Gasteiger partial charge on any atom is -0.308 e. The number of nitrogens with one attached hydrogen (secondary N) is 2. The standard InChI is InChI=1S/C12H18N2O2S/c1-12(7-4-8-13-12)10-5-3-6-11(9-10)14-17(2,15)16/h3,5-6,9,13-14H,4,7-8H2,1-2H3. The molecule has 0 radical (unpaired) electrons. The number of hydrogen-bond acceptors (Lipinski definition) is 3. The average Bonchev–Trinajstić information content (AvgIpc) is 2.64. The lowest BCUT2D eigenvalue weighted by Crippen LogP contribution is -2.33. The van der Waals surface area contributed by atoms with Crippen molar-refractivity contribution in [1.29, 1.82) is 0 Å². The summed E-state index contributed by atoms with van der Waals surface area (Å²) < 4.78 is 24.9. The zero-order valence-corrected chi connectivity index (χ0v) is 11.0. The predicted octanol–water partition coefficient (Wildman–Crippen LogP) is 1.66. The third kappa shape index (κ3) is 2.98. The Balaban J connectivity index is 2.28. The van der Waals surface area contributed by atoms with Crippen LogP contribution in [-0.4, -0.2) is 21.2 Å². The molecule has 0 spiro atoms. The Kier molecular flexibility index (Phi) is 3.14. The fourth-order valence-electron chi connectivity index (χ4n) is 2.28. The van der Waals surface area contributed by atoms with Crippen LogP contribution in [0.4, 0.5) is 5.69 Å². The Bertz CT molecular complexity index is 505. The number of hydrogen-bond donors (Lipinski definition) is 2. The van der Waals surface area contributed by atoms with E-state index in [9.17, 15) is 8.42 Å². The molecule has 1 heterocycles. The second-order valence-electron chi connectivity index (χ2n) is 4.82. The molecule has 0 aromatic heterocycles. The van der Waals surface area contributed by atoms with Crippen molar-refractivity contribution in [3.63, 3.8) is 0 Å². The molecule has 1 unspecified atom stereocenters. The zero-order valence-electron chi connectivity index (χ0n) is 10.2. The molecule has 1 atom stereocenters. The van der Waals surface area contributed by atoms with Crippen LogP contribution >= 0.6 is 0 Å². The molecule has 1 aliphatic heterocycles. The van der Waals surface area contributed by atoms with E-state index in [0.717, 1.165) is 31.2 Å². The normalized spacial score (nSPS) is 24.8. The molecule has 0 amide bonds. The van der Waals surface area contributed by atoms with Crippen LogP contribution in [0.25, 0.3) is 0 Å². The molecule has 1 aliphatic rings. The molecule has 1 aromatic carbocycles. The van der Waals surface area contributed by atoms with E-state index in [0.29, 0.717) is 5.69 Å². The summed E-state index contributed by atoms with van der Waals surface area (Å²) in [6.45, 7) is 3.17. The first-order chi connectivity index (χ1) is 7.89. The maximum Gasteiger partial charge on any atom is 0.229 e. The Morgan fingerprint density at radius 1 is 1.41 bits per heavy atom. The van der Waals surface area contributed by atoms with Crippen molar-refractivity contribution in [2.75, 3.05) is 17.5 Å². The van der Waals surface area contributed by atoms with Crippen LogP contribution in [-0.2, 0) is 15.6 Å². The average molecular weight is 254 g/mol. The summed E-state index contributed by atoms with van der Waals surface area (Å²) >= 11 is 0. The van der Waals surface area contributed by atoms with Gasteiger partial charge in [0, 0.05) is 11.2 Å². The summed E-state index contributed by atoms with van der Waals surface area (Å²) in [7, 11) is -3.21. The van der Waals surface area contributed by atoms with Crippen molar-refractivity contribution in [2.24, 2.45) is 0 Å². The third-order valence-electron chi connectivity index (χ3n) is 3.17. The summed E-state index contributed by atoms with van der Waals surface area (Å²) in [4.78, 5) is 0. The van der Waals surface area contributed by atoms with Gasteiger partial charge in [-0.25, -0.2) is 8.42 Å². The highest BCUT2D eigenvalue weighted by atomic mass is 32.2. The number of benzene rings is 1. The Hall–Kier alpha value is -1.07. The molecule has 1 aromatic rings. The SMILES string of the molecule is CC1(c2cccc(NS(C)(=O)=O)c2)CCCN1. The third-order valence-corrected chi connectivity index (χ3v) is 3.78. The lowest BCUT2D eigenvalue weighted by molar-refractivity contribution is 0.435. The van der Waals surface area contributed by atoms with Gasteiger partial charge in [0.05, 0.1) is 6.26 Å². The smallest absolute Gasteiger partial charge is 0.229 e. The van der Waals surface area contributed by atoms with E-state index in [1.165, 1.54) is 0 Å². The first-order valence-corrected chi connectivity index (χ1v) is 7.62. The highest BCUT2D eigenvalue weighted by Crippen LogP contribution is 2.31. The van der Waals surface area contributed by atoms with Gasteiger partial charge >= 0.3 is 0 Å². The molecular weight excluding hydrogens is 236 g/mol. The van der Waals surface area contributed by atoms with Crippen LogP contribution in [0.2, 0.25) is 0 Å². The Labute approximate surface area is 102 Å². The number of rotatable bonds is 3. The van der Waals surface area contributed by atoms with Gasteiger partial charge in [0.15, 0.2) is 0 Å². The van der Waals surface area contributed by atoms with Gasteiger partial charge in [-0.2, -0.15) is 0 Å². The fourth-order valence-corrected chi connectivity index (χ4v) is 2.84. The molecule has 4 nitrogen and oxygen atoms in total. The van der Waals surface area contributed by atoms with E-state index in [1.807, 2.05) is 18.2 Å². The quantitative estimate of drug-likeness (QED) is 0.862. The van der Waals surface area contributed by atoms with Crippen molar-refractivity contribution in [2.45, 2.75) is 25.3 Å². The zero-order chi connectivity index (χ0) is 12.5. The first-order valence-electron chi connectivity index (χ1n) is 5.72. The first kappa shape index (κ1) is 12.4. The second kappa shape index (κ2) is 4.31. The van der Waals surface area contributed by atoms with Gasteiger partial charge in [-0.3, -0.25) is 4.72 Å². The van der Waals surface area contributed by atoms with E-state index in [1.54, 1.807) is 6.07 Å². The van der Waals surface area contributed by atoms with E-state index in [4.69, 9.17) is 0 Å². The molecule has 0 saturated carbocycles. The van der Waals surface area contributed by atoms with Gasteiger partial charge in [-0.05, 0) is 44.0 Å². The summed E-state index contributed by atoms with van der Waals surface area (Å²) in [5.41, 5.74) is 1.72. The van der Waals surface area contributed by atoms with Crippen molar-refractivity contribution in [3.05, 3.63) is 29.8 Å². The molecule has 2 N–H and O–H groups in total. The van der Waals surface area contributed by atoms with Gasteiger partial charge in [-0.15, -0.1) is 0 Å². The van der Waals surface area contributed by atoms with Crippen LogP contribution in [0.3, 0.4) is 0 Å². The molecule has 0 aliphatic carbocycles. The van der Waals surface area contributed by atoms with Crippen LogP contribution < -0.4 is 10.0 Å². The molecule has 0 bridgehead atoms. The van der Waals surface area contributed by atoms with Crippen molar-refractivity contribution < 1.29 is 8.42 Å². The summed E-state index contributed by atoms with van der Waals surface area (Å²) in [5.74, 6) is 0. The Morgan fingerprint density at radius 2 is 2.18 bits per heavy atom. The maximum atomic E-state index is 11.2. The maximum absolute atomic E-state index is 11.2. The van der Waals surface area contributed by atoms with E-state index >= 15 is 0 Å². The van der Waals surface area contributed by atoms with Crippen molar-refractivity contribution in [1.82, 2.24) is 5.32 Å². The highest BCUT2D eigenvalue weighted by molar-refractivity contribution is 7.92. The molecule has 5 heteroatoms. The number of sulfonamides is 1.